The van der Waals surface area contributed by atoms with Crippen LogP contribution in [0.2, 0.25) is 0 Å². The molecule has 0 aliphatic carbocycles. The fraction of sp³-hybridized carbons (Fsp3) is 0.500. The first-order valence-electron chi connectivity index (χ1n) is 5.07. The first-order chi connectivity index (χ1) is 7.65. The molecule has 2 heterocycles. The third kappa shape index (κ3) is 3.04. The van der Waals surface area contributed by atoms with Gasteiger partial charge in [0.25, 0.3) is 0 Å². The molecule has 1 aliphatic rings. The van der Waals surface area contributed by atoms with E-state index >= 15 is 0 Å². The van der Waals surface area contributed by atoms with E-state index < -0.39 is 6.10 Å². The summed E-state index contributed by atoms with van der Waals surface area (Å²) in [6.45, 7) is 1.05. The Balaban J connectivity index is 1.80. The van der Waals surface area contributed by atoms with Crippen molar-refractivity contribution in [1.29, 1.82) is 0 Å². The second kappa shape index (κ2) is 5.27. The highest BCUT2D eigenvalue weighted by Gasteiger charge is 2.27. The van der Waals surface area contributed by atoms with Gasteiger partial charge in [-0.15, -0.1) is 11.3 Å². The van der Waals surface area contributed by atoms with Crippen molar-refractivity contribution in [2.24, 2.45) is 0 Å². The molecule has 2 atom stereocenters. The Morgan fingerprint density at radius 1 is 1.75 bits per heavy atom. The molecule has 0 spiro atoms. The van der Waals surface area contributed by atoms with E-state index in [4.69, 9.17) is 0 Å². The van der Waals surface area contributed by atoms with Gasteiger partial charge in [-0.05, 0) is 28.4 Å². The van der Waals surface area contributed by atoms with Crippen LogP contribution in [0, 0.1) is 0 Å². The molecule has 1 saturated heterocycles. The van der Waals surface area contributed by atoms with Gasteiger partial charge >= 0.3 is 0 Å². The smallest absolute Gasteiger partial charge is 0.237 e. The Hall–Kier alpha value is -0.430. The molecule has 0 radical (unpaired) electrons. The van der Waals surface area contributed by atoms with Gasteiger partial charge < -0.3 is 15.7 Å². The quantitative estimate of drug-likeness (QED) is 0.776. The summed E-state index contributed by atoms with van der Waals surface area (Å²) in [6, 6.07) is 1.74. The average Bonchev–Trinajstić information content (AvgIpc) is 2.84. The van der Waals surface area contributed by atoms with Crippen LogP contribution in [0.25, 0.3) is 0 Å². The van der Waals surface area contributed by atoms with Crippen molar-refractivity contribution in [3.05, 3.63) is 20.8 Å². The van der Waals surface area contributed by atoms with E-state index in [0.29, 0.717) is 19.5 Å². The molecule has 1 aromatic rings. The monoisotopic (exact) mass is 304 g/mol. The highest BCUT2D eigenvalue weighted by atomic mass is 79.9. The Morgan fingerprint density at radius 2 is 2.56 bits per heavy atom. The fourth-order valence-corrected chi connectivity index (χ4v) is 3.05. The molecule has 1 aliphatic heterocycles. The number of halogens is 1. The Bertz CT molecular complexity index is 383. The molecule has 0 saturated carbocycles. The summed E-state index contributed by atoms with van der Waals surface area (Å²) in [5.41, 5.74) is 0. The predicted octanol–water partition coefficient (Wildman–Crippen LogP) is 0.850. The Labute approximate surface area is 106 Å². The minimum atomic E-state index is -0.397. The number of β-amino-alcohol motifs (C(OH)–C–C–N with tert-alkyl or cyclic N) is 1. The lowest BCUT2D eigenvalue weighted by molar-refractivity contribution is -0.123. The summed E-state index contributed by atoms with van der Waals surface area (Å²) in [5.74, 6) is -0.0407. The highest BCUT2D eigenvalue weighted by Crippen LogP contribution is 2.19. The predicted molar refractivity (Wildman–Crippen MR) is 66.3 cm³/mol. The van der Waals surface area contributed by atoms with Crippen molar-refractivity contribution in [1.82, 2.24) is 10.6 Å². The van der Waals surface area contributed by atoms with Gasteiger partial charge in [-0.3, -0.25) is 4.79 Å². The molecule has 1 aromatic heterocycles. The highest BCUT2D eigenvalue weighted by molar-refractivity contribution is 9.10. The van der Waals surface area contributed by atoms with E-state index in [2.05, 4.69) is 26.6 Å². The van der Waals surface area contributed by atoms with Crippen molar-refractivity contribution in [3.63, 3.8) is 0 Å². The Morgan fingerprint density at radius 3 is 3.12 bits per heavy atom. The normalized spacial score (nSPS) is 24.6. The van der Waals surface area contributed by atoms with Crippen LogP contribution in [0.1, 0.15) is 11.3 Å². The summed E-state index contributed by atoms with van der Waals surface area (Å²) in [5, 5.41) is 17.1. The summed E-state index contributed by atoms with van der Waals surface area (Å²) >= 11 is 4.97. The van der Waals surface area contributed by atoms with Crippen molar-refractivity contribution >= 4 is 33.2 Å². The number of amides is 1. The van der Waals surface area contributed by atoms with Crippen molar-refractivity contribution < 1.29 is 9.90 Å². The number of nitrogens with one attached hydrogen (secondary N) is 2. The molecule has 1 amide bonds. The van der Waals surface area contributed by atoms with Gasteiger partial charge in [-0.2, -0.15) is 0 Å². The zero-order chi connectivity index (χ0) is 11.5. The van der Waals surface area contributed by atoms with Gasteiger partial charge in [0.15, 0.2) is 0 Å². The van der Waals surface area contributed by atoms with Crippen LogP contribution in [0.15, 0.2) is 15.9 Å². The van der Waals surface area contributed by atoms with Crippen molar-refractivity contribution in [2.45, 2.75) is 25.1 Å². The van der Waals surface area contributed by atoms with Gasteiger partial charge in [0.1, 0.15) is 0 Å². The van der Waals surface area contributed by atoms with E-state index in [-0.39, 0.29) is 11.9 Å². The number of hydrogen-bond donors (Lipinski definition) is 3. The van der Waals surface area contributed by atoms with Gasteiger partial charge in [-0.1, -0.05) is 0 Å². The molecule has 0 aromatic carbocycles. The number of aliphatic hydroxyl groups is 1. The van der Waals surface area contributed by atoms with Gasteiger partial charge in [0.2, 0.25) is 5.91 Å². The van der Waals surface area contributed by atoms with E-state index in [1.54, 1.807) is 11.3 Å². The van der Waals surface area contributed by atoms with Gasteiger partial charge in [0.05, 0.1) is 18.7 Å². The molecular formula is C10H13BrN2O2S. The maximum atomic E-state index is 11.7. The van der Waals surface area contributed by atoms with Crippen molar-refractivity contribution in [3.8, 4) is 0 Å². The molecule has 88 valence electrons. The van der Waals surface area contributed by atoms with Crippen LogP contribution < -0.4 is 10.6 Å². The molecule has 4 nitrogen and oxygen atoms in total. The second-order valence-corrected chi connectivity index (χ2v) is 5.71. The van der Waals surface area contributed by atoms with Crippen LogP contribution in [0.3, 0.4) is 0 Å². The number of thiophene rings is 1. The summed E-state index contributed by atoms with van der Waals surface area (Å²) in [7, 11) is 0. The van der Waals surface area contributed by atoms with Crippen LogP contribution in [0.5, 0.6) is 0 Å². The summed E-state index contributed by atoms with van der Waals surface area (Å²) in [4.78, 5) is 12.8. The number of carbonyl (C=O) groups is 1. The van der Waals surface area contributed by atoms with Crippen LogP contribution in [0.4, 0.5) is 0 Å². The number of hydrogen-bond acceptors (Lipinski definition) is 4. The van der Waals surface area contributed by atoms with Gasteiger partial charge in [0, 0.05) is 21.3 Å². The molecule has 6 heteroatoms. The lowest BCUT2D eigenvalue weighted by Crippen LogP contribution is -2.39. The number of carbonyl (C=O) groups excluding carboxylic acids is 1. The van der Waals surface area contributed by atoms with Gasteiger partial charge in [-0.25, -0.2) is 0 Å². The molecule has 3 N–H and O–H groups in total. The minimum absolute atomic E-state index is 0.0407. The molecule has 2 unspecified atom stereocenters. The lowest BCUT2D eigenvalue weighted by Gasteiger charge is -2.09. The standard InChI is InChI=1S/C10H13BrN2O2S/c11-6-1-8(16-5-6)4-13-10(15)9-2-7(14)3-12-9/h1,5,7,9,12,14H,2-4H2,(H,13,15). The number of rotatable bonds is 3. The first-order valence-corrected chi connectivity index (χ1v) is 6.74. The minimum Gasteiger partial charge on any atom is -0.392 e. The molecule has 0 bridgehead atoms. The lowest BCUT2D eigenvalue weighted by atomic mass is 10.2. The van der Waals surface area contributed by atoms with E-state index in [0.717, 1.165) is 9.35 Å². The molecule has 2 rings (SSSR count). The third-order valence-corrected chi connectivity index (χ3v) is 4.18. The maximum Gasteiger partial charge on any atom is 0.237 e. The van der Waals surface area contributed by atoms with Crippen LogP contribution in [-0.4, -0.2) is 29.7 Å². The fourth-order valence-electron chi connectivity index (χ4n) is 1.66. The topological polar surface area (TPSA) is 61.4 Å². The molecule has 16 heavy (non-hydrogen) atoms. The van der Waals surface area contributed by atoms with Crippen molar-refractivity contribution in [2.75, 3.05) is 6.54 Å². The average molecular weight is 305 g/mol. The van der Waals surface area contributed by atoms with Crippen LogP contribution >= 0.6 is 27.3 Å². The molecule has 1 fully saturated rings. The van der Waals surface area contributed by atoms with Crippen LogP contribution in [-0.2, 0) is 11.3 Å². The second-order valence-electron chi connectivity index (χ2n) is 3.80. The van der Waals surface area contributed by atoms with E-state index in [1.165, 1.54) is 0 Å². The zero-order valence-electron chi connectivity index (χ0n) is 8.57. The zero-order valence-corrected chi connectivity index (χ0v) is 11.0. The first kappa shape index (κ1) is 12.0. The summed E-state index contributed by atoms with van der Waals surface area (Å²) < 4.78 is 1.04. The van der Waals surface area contributed by atoms with E-state index in [1.807, 2.05) is 11.4 Å². The molecular weight excluding hydrogens is 292 g/mol. The summed E-state index contributed by atoms with van der Waals surface area (Å²) in [6.07, 6.45) is 0.103. The largest absolute Gasteiger partial charge is 0.392 e. The third-order valence-electron chi connectivity index (χ3n) is 2.48. The Kier molecular flexibility index (Phi) is 3.96. The maximum absolute atomic E-state index is 11.7. The number of aliphatic hydroxyl groups excluding tert-OH is 1. The van der Waals surface area contributed by atoms with E-state index in [9.17, 15) is 9.90 Å². The SMILES string of the molecule is O=C(NCc1cc(Br)cs1)C1CC(O)CN1.